The molecule has 0 aromatic heterocycles. The molecule has 5 nitrogen and oxygen atoms in total. The van der Waals surface area contributed by atoms with Crippen LogP contribution < -0.4 is 14.8 Å². The van der Waals surface area contributed by atoms with Gasteiger partial charge in [0.1, 0.15) is 11.5 Å². The van der Waals surface area contributed by atoms with Gasteiger partial charge in [-0.1, -0.05) is 29.8 Å². The fourth-order valence-corrected chi connectivity index (χ4v) is 3.15. The molecule has 1 N–H and O–H groups in total. The van der Waals surface area contributed by atoms with Crippen molar-refractivity contribution in [3.05, 3.63) is 58.6 Å². The number of hydrogen-bond acceptors (Lipinski definition) is 4. The van der Waals surface area contributed by atoms with Gasteiger partial charge in [-0.3, -0.25) is 4.79 Å². The van der Waals surface area contributed by atoms with Gasteiger partial charge in [0.15, 0.2) is 0 Å². The van der Waals surface area contributed by atoms with E-state index in [1.165, 1.54) is 0 Å². The smallest absolute Gasteiger partial charge is 0.220 e. The first-order chi connectivity index (χ1) is 12.9. The third-order valence-corrected chi connectivity index (χ3v) is 4.78. The van der Waals surface area contributed by atoms with Gasteiger partial charge in [0.25, 0.3) is 0 Å². The van der Waals surface area contributed by atoms with Crippen molar-refractivity contribution in [1.82, 2.24) is 10.2 Å². The second-order valence-corrected chi connectivity index (χ2v) is 6.93. The minimum absolute atomic E-state index is 0.00399. The molecule has 0 bridgehead atoms. The fourth-order valence-electron chi connectivity index (χ4n) is 2.88. The van der Waals surface area contributed by atoms with E-state index in [1.54, 1.807) is 14.2 Å². The highest BCUT2D eigenvalue weighted by molar-refractivity contribution is 6.31. The second-order valence-electron chi connectivity index (χ2n) is 6.53. The van der Waals surface area contributed by atoms with Crippen LogP contribution in [0, 0.1) is 0 Å². The van der Waals surface area contributed by atoms with Crippen LogP contribution in [-0.2, 0) is 11.2 Å². The fraction of sp³-hybridized carbons (Fsp3) is 0.381. The number of amides is 1. The van der Waals surface area contributed by atoms with E-state index < -0.39 is 0 Å². The zero-order valence-corrected chi connectivity index (χ0v) is 17.0. The predicted octanol–water partition coefficient (Wildman–Crippen LogP) is 3.71. The highest BCUT2D eigenvalue weighted by atomic mass is 35.5. The molecule has 0 radical (unpaired) electrons. The molecule has 27 heavy (non-hydrogen) atoms. The number of nitrogens with zero attached hydrogens (tertiary/aromatic N) is 1. The molecular weight excluding hydrogens is 364 g/mol. The molecule has 2 rings (SSSR count). The molecule has 146 valence electrons. The minimum Gasteiger partial charge on any atom is -0.497 e. The number of benzene rings is 2. The number of aryl methyl sites for hydroxylation is 1. The van der Waals surface area contributed by atoms with Crippen LogP contribution in [0.25, 0.3) is 0 Å². The third kappa shape index (κ3) is 6.15. The maximum atomic E-state index is 12.3. The number of halogens is 1. The summed E-state index contributed by atoms with van der Waals surface area (Å²) in [5.41, 5.74) is 2.00. The lowest BCUT2D eigenvalue weighted by molar-refractivity contribution is -0.121. The molecule has 0 aliphatic heterocycles. The summed E-state index contributed by atoms with van der Waals surface area (Å²) in [6.07, 6.45) is 0.997. The minimum atomic E-state index is -0.00399. The Balaban J connectivity index is 1.94. The Kier molecular flexibility index (Phi) is 7.95. The molecule has 0 saturated carbocycles. The van der Waals surface area contributed by atoms with Crippen LogP contribution in [0.2, 0.25) is 5.02 Å². The zero-order chi connectivity index (χ0) is 19.8. The summed E-state index contributed by atoms with van der Waals surface area (Å²) >= 11 is 6.31. The van der Waals surface area contributed by atoms with E-state index in [1.807, 2.05) is 56.6 Å². The lowest BCUT2D eigenvalue weighted by atomic mass is 10.1. The van der Waals surface area contributed by atoms with Crippen molar-refractivity contribution in [2.45, 2.75) is 18.9 Å². The Morgan fingerprint density at radius 3 is 2.30 bits per heavy atom. The molecule has 1 atom stereocenters. The molecule has 2 aromatic carbocycles. The maximum Gasteiger partial charge on any atom is 0.220 e. The summed E-state index contributed by atoms with van der Waals surface area (Å²) < 4.78 is 10.5. The lowest BCUT2D eigenvalue weighted by Crippen LogP contribution is -2.34. The van der Waals surface area contributed by atoms with Crippen molar-refractivity contribution in [3.63, 3.8) is 0 Å². The van der Waals surface area contributed by atoms with Crippen LogP contribution in [0.1, 0.15) is 23.6 Å². The van der Waals surface area contributed by atoms with Crippen LogP contribution in [0.5, 0.6) is 11.5 Å². The number of methoxy groups -OCH3 is 2. The first-order valence-corrected chi connectivity index (χ1v) is 9.22. The Labute approximate surface area is 166 Å². The number of rotatable bonds is 9. The first kappa shape index (κ1) is 21.1. The summed E-state index contributed by atoms with van der Waals surface area (Å²) in [6.45, 7) is 0.497. The average Bonchev–Trinajstić information content (AvgIpc) is 2.67. The molecule has 0 unspecified atom stereocenters. The van der Waals surface area contributed by atoms with E-state index in [2.05, 4.69) is 10.2 Å². The van der Waals surface area contributed by atoms with Crippen LogP contribution in [-0.4, -0.2) is 45.7 Å². The predicted molar refractivity (Wildman–Crippen MR) is 109 cm³/mol. The topological polar surface area (TPSA) is 50.8 Å². The molecule has 0 spiro atoms. The third-order valence-electron chi connectivity index (χ3n) is 4.43. The normalized spacial score (nSPS) is 11.9. The molecule has 0 heterocycles. The highest BCUT2D eigenvalue weighted by Crippen LogP contribution is 2.26. The number of carbonyl (C=O) groups is 1. The van der Waals surface area contributed by atoms with Gasteiger partial charge in [-0.2, -0.15) is 0 Å². The van der Waals surface area contributed by atoms with E-state index in [9.17, 15) is 4.79 Å². The second kappa shape index (κ2) is 10.2. The van der Waals surface area contributed by atoms with Crippen molar-refractivity contribution >= 4 is 17.5 Å². The van der Waals surface area contributed by atoms with Crippen LogP contribution in [0.4, 0.5) is 0 Å². The summed E-state index contributed by atoms with van der Waals surface area (Å²) in [5, 5.41) is 3.72. The average molecular weight is 391 g/mol. The van der Waals surface area contributed by atoms with Gasteiger partial charge >= 0.3 is 0 Å². The van der Waals surface area contributed by atoms with Crippen molar-refractivity contribution in [2.24, 2.45) is 0 Å². The van der Waals surface area contributed by atoms with Crippen molar-refractivity contribution in [3.8, 4) is 11.5 Å². The molecule has 0 aliphatic rings. The Bertz CT molecular complexity index is 743. The molecule has 2 aromatic rings. The summed E-state index contributed by atoms with van der Waals surface area (Å²) in [6, 6.07) is 13.4. The molecule has 1 amide bonds. The van der Waals surface area contributed by atoms with Gasteiger partial charge in [0.2, 0.25) is 5.91 Å². The van der Waals surface area contributed by atoms with Crippen molar-refractivity contribution in [2.75, 3.05) is 34.9 Å². The molecule has 6 heteroatoms. The van der Waals surface area contributed by atoms with Gasteiger partial charge in [-0.25, -0.2) is 0 Å². The Morgan fingerprint density at radius 2 is 1.74 bits per heavy atom. The Morgan fingerprint density at radius 1 is 1.11 bits per heavy atom. The number of ether oxygens (including phenoxy) is 2. The first-order valence-electron chi connectivity index (χ1n) is 8.84. The number of nitrogens with one attached hydrogen (secondary N) is 1. The summed E-state index contributed by atoms with van der Waals surface area (Å²) in [4.78, 5) is 14.4. The Hall–Kier alpha value is -2.24. The summed E-state index contributed by atoms with van der Waals surface area (Å²) in [7, 11) is 7.17. The molecular formula is C21H27ClN2O3. The molecule has 0 fully saturated rings. The van der Waals surface area contributed by atoms with Crippen LogP contribution in [0.3, 0.4) is 0 Å². The van der Waals surface area contributed by atoms with E-state index in [0.29, 0.717) is 24.4 Å². The van der Waals surface area contributed by atoms with Crippen LogP contribution >= 0.6 is 11.6 Å². The largest absolute Gasteiger partial charge is 0.497 e. The lowest BCUT2D eigenvalue weighted by Gasteiger charge is -2.26. The van der Waals surface area contributed by atoms with Crippen molar-refractivity contribution in [1.29, 1.82) is 0 Å². The number of likely N-dealkylation sites (N-methyl/N-ethyl adjacent to an activating group) is 1. The maximum absolute atomic E-state index is 12.3. The van der Waals surface area contributed by atoms with Gasteiger partial charge in [-0.15, -0.1) is 0 Å². The number of hydrogen-bond donors (Lipinski definition) is 1. The van der Waals surface area contributed by atoms with E-state index in [4.69, 9.17) is 21.1 Å². The van der Waals surface area contributed by atoms with Gasteiger partial charge < -0.3 is 19.7 Å². The highest BCUT2D eigenvalue weighted by Gasteiger charge is 2.17. The standard InChI is InChI=1S/C21H27ClN2O3/c1-24(2)20(18-7-5-6-8-19(18)22)14-23-21(25)10-9-15-11-16(26-3)13-17(12-15)27-4/h5-8,11-13,20H,9-10,14H2,1-4H3,(H,23,25)/t20-/m1/s1. The SMILES string of the molecule is COc1cc(CCC(=O)NC[C@H](c2ccccc2Cl)N(C)C)cc(OC)c1. The van der Waals surface area contributed by atoms with E-state index in [0.717, 1.165) is 22.6 Å². The van der Waals surface area contributed by atoms with Gasteiger partial charge in [-0.05, 0) is 49.8 Å². The summed E-state index contributed by atoms with van der Waals surface area (Å²) in [5.74, 6) is 1.43. The van der Waals surface area contributed by atoms with E-state index >= 15 is 0 Å². The molecule has 0 saturated heterocycles. The number of carbonyl (C=O) groups excluding carboxylic acids is 1. The van der Waals surface area contributed by atoms with Gasteiger partial charge in [0, 0.05) is 24.1 Å². The van der Waals surface area contributed by atoms with Gasteiger partial charge in [0.05, 0.1) is 20.3 Å². The van der Waals surface area contributed by atoms with Crippen molar-refractivity contribution < 1.29 is 14.3 Å². The quantitative estimate of drug-likeness (QED) is 0.709. The molecule has 0 aliphatic carbocycles. The zero-order valence-electron chi connectivity index (χ0n) is 16.3. The monoisotopic (exact) mass is 390 g/mol. The van der Waals surface area contributed by atoms with E-state index in [-0.39, 0.29) is 11.9 Å². The van der Waals surface area contributed by atoms with Crippen LogP contribution in [0.15, 0.2) is 42.5 Å².